The van der Waals surface area contributed by atoms with Crippen LogP contribution in [0, 0.1) is 17.5 Å². The SMILES string of the molecule is CCNC(Cc1cnccc1N)c1cc(F)c(F)c(F)c1. The van der Waals surface area contributed by atoms with Crippen molar-refractivity contribution in [2.24, 2.45) is 0 Å². The molecule has 2 aromatic rings. The van der Waals surface area contributed by atoms with E-state index in [9.17, 15) is 13.2 Å². The van der Waals surface area contributed by atoms with Crippen LogP contribution < -0.4 is 11.1 Å². The molecule has 112 valence electrons. The molecule has 1 atom stereocenters. The molecule has 0 fully saturated rings. The summed E-state index contributed by atoms with van der Waals surface area (Å²) in [6, 6.07) is 3.27. The first-order valence-electron chi connectivity index (χ1n) is 6.59. The number of rotatable bonds is 5. The molecule has 0 aliphatic rings. The lowest BCUT2D eigenvalue weighted by molar-refractivity contribution is 0.439. The molecule has 0 saturated carbocycles. The van der Waals surface area contributed by atoms with E-state index >= 15 is 0 Å². The third-order valence-electron chi connectivity index (χ3n) is 3.22. The third-order valence-corrected chi connectivity index (χ3v) is 3.22. The standard InChI is InChI=1S/C15H16F3N3/c1-2-21-14(7-10-8-20-4-3-13(10)19)9-5-11(16)15(18)12(17)6-9/h3-6,8,14,21H,2,7H2,1H3,(H2,19,20). The van der Waals surface area contributed by atoms with Gasteiger partial charge in [-0.05, 0) is 42.3 Å². The molecule has 6 heteroatoms. The van der Waals surface area contributed by atoms with Gasteiger partial charge in [-0.1, -0.05) is 6.92 Å². The summed E-state index contributed by atoms with van der Waals surface area (Å²) in [6.07, 6.45) is 3.58. The van der Waals surface area contributed by atoms with Gasteiger partial charge >= 0.3 is 0 Å². The summed E-state index contributed by atoms with van der Waals surface area (Å²) >= 11 is 0. The lowest BCUT2D eigenvalue weighted by atomic mass is 9.98. The first-order chi connectivity index (χ1) is 10.0. The van der Waals surface area contributed by atoms with E-state index in [-0.39, 0.29) is 6.04 Å². The van der Waals surface area contributed by atoms with Crippen LogP contribution in [0.1, 0.15) is 24.1 Å². The molecule has 1 heterocycles. The fourth-order valence-corrected chi connectivity index (χ4v) is 2.16. The Morgan fingerprint density at radius 3 is 2.48 bits per heavy atom. The van der Waals surface area contributed by atoms with Crippen LogP contribution in [0.25, 0.3) is 0 Å². The zero-order chi connectivity index (χ0) is 15.4. The first kappa shape index (κ1) is 15.3. The van der Waals surface area contributed by atoms with Crippen LogP contribution in [0.3, 0.4) is 0 Å². The Hall–Kier alpha value is -2.08. The number of benzene rings is 1. The van der Waals surface area contributed by atoms with Gasteiger partial charge in [0, 0.05) is 24.1 Å². The summed E-state index contributed by atoms with van der Waals surface area (Å²) in [5.41, 5.74) is 7.49. The molecule has 1 aromatic carbocycles. The van der Waals surface area contributed by atoms with Crippen molar-refractivity contribution in [2.75, 3.05) is 12.3 Å². The molecule has 0 saturated heterocycles. The predicted octanol–water partition coefficient (Wildman–Crippen LogP) is 2.97. The molecule has 3 N–H and O–H groups in total. The normalized spacial score (nSPS) is 12.4. The van der Waals surface area contributed by atoms with Gasteiger partial charge in [-0.15, -0.1) is 0 Å². The van der Waals surface area contributed by atoms with Gasteiger partial charge in [0.05, 0.1) is 0 Å². The molecule has 1 unspecified atom stereocenters. The average Bonchev–Trinajstić information content (AvgIpc) is 2.46. The van der Waals surface area contributed by atoms with Gasteiger partial charge in [-0.25, -0.2) is 13.2 Å². The topological polar surface area (TPSA) is 50.9 Å². The highest BCUT2D eigenvalue weighted by atomic mass is 19.2. The number of hydrogen-bond acceptors (Lipinski definition) is 3. The van der Waals surface area contributed by atoms with Gasteiger partial charge in [0.1, 0.15) is 0 Å². The van der Waals surface area contributed by atoms with E-state index in [1.807, 2.05) is 6.92 Å². The summed E-state index contributed by atoms with van der Waals surface area (Å²) in [5.74, 6) is -3.87. The van der Waals surface area contributed by atoms with Crippen molar-refractivity contribution in [1.29, 1.82) is 0 Å². The first-order valence-corrected chi connectivity index (χ1v) is 6.59. The molecule has 2 rings (SSSR count). The molecule has 0 amide bonds. The van der Waals surface area contributed by atoms with E-state index < -0.39 is 17.5 Å². The highest BCUT2D eigenvalue weighted by molar-refractivity contribution is 5.45. The van der Waals surface area contributed by atoms with Gasteiger partial charge in [0.25, 0.3) is 0 Å². The van der Waals surface area contributed by atoms with Crippen molar-refractivity contribution in [2.45, 2.75) is 19.4 Å². The van der Waals surface area contributed by atoms with Crippen molar-refractivity contribution < 1.29 is 13.2 Å². The number of pyridine rings is 1. The van der Waals surface area contributed by atoms with Crippen molar-refractivity contribution in [3.8, 4) is 0 Å². The number of halogens is 3. The van der Waals surface area contributed by atoms with E-state index in [0.717, 1.165) is 17.7 Å². The van der Waals surface area contributed by atoms with Crippen LogP contribution in [-0.4, -0.2) is 11.5 Å². The molecule has 0 bridgehead atoms. The summed E-state index contributed by atoms with van der Waals surface area (Å²) in [4.78, 5) is 3.99. The molecule has 0 radical (unpaired) electrons. The Bertz CT molecular complexity index is 608. The lowest BCUT2D eigenvalue weighted by Gasteiger charge is -2.19. The number of nitrogens with zero attached hydrogens (tertiary/aromatic N) is 1. The quantitative estimate of drug-likeness (QED) is 0.834. The van der Waals surface area contributed by atoms with Crippen LogP contribution in [0.5, 0.6) is 0 Å². The van der Waals surface area contributed by atoms with E-state index in [0.29, 0.717) is 24.2 Å². The maximum atomic E-state index is 13.4. The van der Waals surface area contributed by atoms with E-state index in [1.54, 1.807) is 18.5 Å². The molecular formula is C15H16F3N3. The summed E-state index contributed by atoms with van der Waals surface area (Å²) in [6.45, 7) is 2.46. The maximum absolute atomic E-state index is 13.4. The summed E-state index contributed by atoms with van der Waals surface area (Å²) in [5, 5.41) is 3.11. The lowest BCUT2D eigenvalue weighted by Crippen LogP contribution is -2.24. The Morgan fingerprint density at radius 1 is 1.24 bits per heavy atom. The zero-order valence-corrected chi connectivity index (χ0v) is 11.5. The molecule has 21 heavy (non-hydrogen) atoms. The van der Waals surface area contributed by atoms with Crippen LogP contribution in [-0.2, 0) is 6.42 Å². The minimum atomic E-state index is -1.46. The van der Waals surface area contributed by atoms with Gasteiger partial charge in [-0.2, -0.15) is 0 Å². The Morgan fingerprint density at radius 2 is 1.90 bits per heavy atom. The third kappa shape index (κ3) is 3.52. The molecule has 3 nitrogen and oxygen atoms in total. The van der Waals surface area contributed by atoms with E-state index in [4.69, 9.17) is 5.73 Å². The van der Waals surface area contributed by atoms with Crippen LogP contribution in [0.15, 0.2) is 30.6 Å². The molecular weight excluding hydrogens is 279 g/mol. The largest absolute Gasteiger partial charge is 0.398 e. The monoisotopic (exact) mass is 295 g/mol. The smallest absolute Gasteiger partial charge is 0.194 e. The zero-order valence-electron chi connectivity index (χ0n) is 11.5. The fraction of sp³-hybridized carbons (Fsp3) is 0.267. The van der Waals surface area contributed by atoms with Gasteiger partial charge < -0.3 is 11.1 Å². The fourth-order valence-electron chi connectivity index (χ4n) is 2.16. The number of hydrogen-bond donors (Lipinski definition) is 2. The second-order valence-corrected chi connectivity index (χ2v) is 4.69. The Labute approximate surface area is 121 Å². The van der Waals surface area contributed by atoms with Crippen molar-refractivity contribution >= 4 is 5.69 Å². The number of nitrogen functional groups attached to an aromatic ring is 1. The van der Waals surface area contributed by atoms with Crippen molar-refractivity contribution in [3.05, 3.63) is 59.2 Å². The summed E-state index contributed by atoms with van der Waals surface area (Å²) < 4.78 is 39.8. The van der Waals surface area contributed by atoms with Gasteiger partial charge in [0.2, 0.25) is 0 Å². The molecule has 1 aromatic heterocycles. The molecule has 0 aliphatic heterocycles. The van der Waals surface area contributed by atoms with Crippen molar-refractivity contribution in [1.82, 2.24) is 10.3 Å². The minimum absolute atomic E-state index is 0.330. The van der Waals surface area contributed by atoms with Crippen molar-refractivity contribution in [3.63, 3.8) is 0 Å². The Balaban J connectivity index is 2.33. The minimum Gasteiger partial charge on any atom is -0.398 e. The van der Waals surface area contributed by atoms with Crippen LogP contribution in [0.2, 0.25) is 0 Å². The van der Waals surface area contributed by atoms with Crippen LogP contribution in [0.4, 0.5) is 18.9 Å². The Kier molecular flexibility index (Phi) is 4.80. The van der Waals surface area contributed by atoms with E-state index in [2.05, 4.69) is 10.3 Å². The second-order valence-electron chi connectivity index (χ2n) is 4.69. The number of nitrogens with two attached hydrogens (primary N) is 1. The highest BCUT2D eigenvalue weighted by Crippen LogP contribution is 2.24. The van der Waals surface area contributed by atoms with Crippen LogP contribution >= 0.6 is 0 Å². The second kappa shape index (κ2) is 6.58. The molecule has 0 spiro atoms. The predicted molar refractivity (Wildman–Crippen MR) is 75.1 cm³/mol. The number of aromatic nitrogens is 1. The van der Waals surface area contributed by atoms with E-state index in [1.165, 1.54) is 0 Å². The van der Waals surface area contributed by atoms with Gasteiger partial charge in [-0.3, -0.25) is 4.98 Å². The van der Waals surface area contributed by atoms with Gasteiger partial charge in [0.15, 0.2) is 17.5 Å². The number of likely N-dealkylation sites (N-methyl/N-ethyl adjacent to an activating group) is 1. The highest BCUT2D eigenvalue weighted by Gasteiger charge is 2.18. The molecule has 0 aliphatic carbocycles. The number of anilines is 1. The summed E-state index contributed by atoms with van der Waals surface area (Å²) in [7, 11) is 0. The number of nitrogens with one attached hydrogen (secondary N) is 1. The average molecular weight is 295 g/mol. The maximum Gasteiger partial charge on any atom is 0.194 e.